The topological polar surface area (TPSA) is 8.88 Å². The average Bonchev–Trinajstić information content (AvgIpc) is 2.23. The SMILES string of the molecule is C[NH+]1CC[NH+](C[C@@H]2CC=CCC2)CC1. The van der Waals surface area contributed by atoms with Crippen molar-refractivity contribution in [1.82, 2.24) is 0 Å². The van der Waals surface area contributed by atoms with Gasteiger partial charge in [0.15, 0.2) is 0 Å². The Hall–Kier alpha value is -0.340. The highest BCUT2D eigenvalue weighted by Gasteiger charge is 2.23. The Morgan fingerprint density at radius 2 is 1.93 bits per heavy atom. The number of likely N-dealkylation sites (N-methyl/N-ethyl adjacent to an activating group) is 1. The molecule has 80 valence electrons. The molecule has 0 aromatic heterocycles. The fraction of sp³-hybridized carbons (Fsp3) is 0.833. The van der Waals surface area contributed by atoms with E-state index in [1.54, 1.807) is 4.90 Å². The van der Waals surface area contributed by atoms with Crippen LogP contribution in [0.15, 0.2) is 12.2 Å². The Morgan fingerprint density at radius 3 is 2.57 bits per heavy atom. The fourth-order valence-corrected chi connectivity index (χ4v) is 2.68. The minimum absolute atomic E-state index is 0.980. The molecule has 0 amide bonds. The summed E-state index contributed by atoms with van der Waals surface area (Å²) in [7, 11) is 2.32. The third-order valence-corrected chi connectivity index (χ3v) is 3.77. The molecule has 0 spiro atoms. The molecule has 0 radical (unpaired) electrons. The lowest BCUT2D eigenvalue weighted by atomic mass is 9.94. The summed E-state index contributed by atoms with van der Waals surface area (Å²) >= 11 is 0. The molecule has 1 saturated heterocycles. The largest absolute Gasteiger partial charge is 0.328 e. The van der Waals surface area contributed by atoms with Crippen LogP contribution in [0.4, 0.5) is 0 Å². The van der Waals surface area contributed by atoms with Gasteiger partial charge in [-0.05, 0) is 19.3 Å². The van der Waals surface area contributed by atoms with E-state index in [0.717, 1.165) is 5.92 Å². The lowest BCUT2D eigenvalue weighted by molar-refractivity contribution is -1.00. The molecule has 14 heavy (non-hydrogen) atoms. The molecule has 1 aliphatic heterocycles. The van der Waals surface area contributed by atoms with Gasteiger partial charge in [-0.25, -0.2) is 0 Å². The smallest absolute Gasteiger partial charge is 0.127 e. The van der Waals surface area contributed by atoms with Crippen LogP contribution in [0.3, 0.4) is 0 Å². The standard InChI is InChI=1S/C12H22N2/c1-13-7-9-14(10-8-13)11-12-5-3-2-4-6-12/h2-3,12H,4-11H2,1H3/p+2/t12-/m1/s1. The van der Waals surface area contributed by atoms with Crippen molar-refractivity contribution in [2.75, 3.05) is 39.8 Å². The molecule has 2 nitrogen and oxygen atoms in total. The molecule has 0 aromatic carbocycles. The van der Waals surface area contributed by atoms with E-state index >= 15 is 0 Å². The molecule has 0 aromatic rings. The van der Waals surface area contributed by atoms with Gasteiger partial charge >= 0.3 is 0 Å². The average molecular weight is 196 g/mol. The van der Waals surface area contributed by atoms with Gasteiger partial charge in [0.05, 0.1) is 13.6 Å². The van der Waals surface area contributed by atoms with Crippen LogP contribution in [0.1, 0.15) is 19.3 Å². The second kappa shape index (κ2) is 4.94. The number of quaternary nitrogens is 2. The van der Waals surface area contributed by atoms with Gasteiger partial charge in [0.25, 0.3) is 0 Å². The van der Waals surface area contributed by atoms with Crippen molar-refractivity contribution in [3.8, 4) is 0 Å². The van der Waals surface area contributed by atoms with Crippen LogP contribution in [-0.4, -0.2) is 39.8 Å². The van der Waals surface area contributed by atoms with Gasteiger partial charge < -0.3 is 9.80 Å². The van der Waals surface area contributed by atoms with Gasteiger partial charge in [-0.3, -0.25) is 0 Å². The van der Waals surface area contributed by atoms with E-state index in [1.807, 2.05) is 4.90 Å². The first-order chi connectivity index (χ1) is 6.84. The van der Waals surface area contributed by atoms with Gasteiger partial charge in [0.2, 0.25) is 0 Å². The number of hydrogen-bond donors (Lipinski definition) is 2. The van der Waals surface area contributed by atoms with Crippen molar-refractivity contribution in [2.24, 2.45) is 5.92 Å². The third kappa shape index (κ3) is 2.82. The van der Waals surface area contributed by atoms with Crippen molar-refractivity contribution in [2.45, 2.75) is 19.3 Å². The number of nitrogens with one attached hydrogen (secondary N) is 2. The molecular weight excluding hydrogens is 172 g/mol. The Labute approximate surface area is 87.6 Å². The van der Waals surface area contributed by atoms with Crippen molar-refractivity contribution < 1.29 is 9.80 Å². The Morgan fingerprint density at radius 1 is 1.14 bits per heavy atom. The third-order valence-electron chi connectivity index (χ3n) is 3.77. The number of hydrogen-bond acceptors (Lipinski definition) is 0. The molecular formula is C12H24N2+2. The van der Waals surface area contributed by atoms with Crippen LogP contribution < -0.4 is 9.80 Å². The lowest BCUT2D eigenvalue weighted by Gasteiger charge is -2.30. The summed E-state index contributed by atoms with van der Waals surface area (Å²) in [5.74, 6) is 0.980. The van der Waals surface area contributed by atoms with Gasteiger partial charge in [0.1, 0.15) is 26.2 Å². The van der Waals surface area contributed by atoms with Crippen LogP contribution >= 0.6 is 0 Å². The van der Waals surface area contributed by atoms with E-state index in [0.29, 0.717) is 0 Å². The summed E-state index contributed by atoms with van der Waals surface area (Å²) in [5, 5.41) is 0. The zero-order valence-corrected chi connectivity index (χ0v) is 9.39. The summed E-state index contributed by atoms with van der Waals surface area (Å²) < 4.78 is 0. The summed E-state index contributed by atoms with van der Waals surface area (Å²) in [6.07, 6.45) is 8.83. The molecule has 0 unspecified atom stereocenters. The maximum absolute atomic E-state index is 2.38. The highest BCUT2D eigenvalue weighted by molar-refractivity contribution is 4.89. The lowest BCUT2D eigenvalue weighted by Crippen LogP contribution is -3.27. The highest BCUT2D eigenvalue weighted by atomic mass is 15.2. The summed E-state index contributed by atoms with van der Waals surface area (Å²) in [6.45, 7) is 6.96. The molecule has 0 saturated carbocycles. The summed E-state index contributed by atoms with van der Waals surface area (Å²) in [5.41, 5.74) is 0. The zero-order chi connectivity index (χ0) is 9.80. The molecule has 2 heteroatoms. The van der Waals surface area contributed by atoms with Crippen LogP contribution in [0, 0.1) is 5.92 Å². The first kappa shape index (κ1) is 10.2. The molecule has 2 aliphatic rings. The van der Waals surface area contributed by atoms with Crippen molar-refractivity contribution >= 4 is 0 Å². The van der Waals surface area contributed by atoms with Crippen LogP contribution in [0.2, 0.25) is 0 Å². The molecule has 0 bridgehead atoms. The maximum Gasteiger partial charge on any atom is 0.127 e. The van der Waals surface area contributed by atoms with Gasteiger partial charge in [-0.15, -0.1) is 0 Å². The van der Waals surface area contributed by atoms with E-state index in [4.69, 9.17) is 0 Å². The molecule has 1 atom stereocenters. The second-order valence-electron chi connectivity index (χ2n) is 5.06. The monoisotopic (exact) mass is 196 g/mol. The fourth-order valence-electron chi connectivity index (χ4n) is 2.68. The van der Waals surface area contributed by atoms with E-state index < -0.39 is 0 Å². The predicted octanol–water partition coefficient (Wildman–Crippen LogP) is -1.24. The first-order valence-electron chi connectivity index (χ1n) is 6.14. The first-order valence-corrected chi connectivity index (χ1v) is 6.14. The number of piperazine rings is 1. The van der Waals surface area contributed by atoms with Crippen LogP contribution in [0.25, 0.3) is 0 Å². The van der Waals surface area contributed by atoms with Gasteiger partial charge in [-0.2, -0.15) is 0 Å². The predicted molar refractivity (Wildman–Crippen MR) is 58.7 cm³/mol. The normalized spacial score (nSPS) is 38.5. The molecule has 2 N–H and O–H groups in total. The second-order valence-corrected chi connectivity index (χ2v) is 5.06. The molecule has 1 aliphatic carbocycles. The number of allylic oxidation sites excluding steroid dienone is 2. The van der Waals surface area contributed by atoms with Crippen molar-refractivity contribution in [1.29, 1.82) is 0 Å². The Bertz CT molecular complexity index is 192. The summed E-state index contributed by atoms with van der Waals surface area (Å²) in [4.78, 5) is 3.58. The van der Waals surface area contributed by atoms with E-state index in [2.05, 4.69) is 19.2 Å². The molecule has 1 fully saturated rings. The van der Waals surface area contributed by atoms with E-state index in [9.17, 15) is 0 Å². The van der Waals surface area contributed by atoms with Gasteiger partial charge in [-0.1, -0.05) is 12.2 Å². The molecule has 2 rings (SSSR count). The minimum atomic E-state index is 0.980. The van der Waals surface area contributed by atoms with Gasteiger partial charge in [0, 0.05) is 5.92 Å². The maximum atomic E-state index is 2.38. The van der Waals surface area contributed by atoms with Crippen LogP contribution in [-0.2, 0) is 0 Å². The Kier molecular flexibility index (Phi) is 3.60. The van der Waals surface area contributed by atoms with Crippen molar-refractivity contribution in [3.05, 3.63) is 12.2 Å². The van der Waals surface area contributed by atoms with Crippen molar-refractivity contribution in [3.63, 3.8) is 0 Å². The van der Waals surface area contributed by atoms with E-state index in [-0.39, 0.29) is 0 Å². The zero-order valence-electron chi connectivity index (χ0n) is 9.39. The Balaban J connectivity index is 1.72. The minimum Gasteiger partial charge on any atom is -0.328 e. The van der Waals surface area contributed by atoms with Crippen LogP contribution in [0.5, 0.6) is 0 Å². The molecule has 1 heterocycles. The van der Waals surface area contributed by atoms with E-state index in [1.165, 1.54) is 52.0 Å². The number of rotatable bonds is 2. The summed E-state index contributed by atoms with van der Waals surface area (Å²) in [6, 6.07) is 0. The quantitative estimate of drug-likeness (QED) is 0.511. The highest BCUT2D eigenvalue weighted by Crippen LogP contribution is 2.15.